The van der Waals surface area contributed by atoms with E-state index >= 15 is 0 Å². The highest BCUT2D eigenvalue weighted by Crippen LogP contribution is 2.26. The van der Waals surface area contributed by atoms with Crippen molar-refractivity contribution in [2.75, 3.05) is 13.1 Å². The number of piperidine rings is 1. The van der Waals surface area contributed by atoms with E-state index in [0.717, 1.165) is 13.1 Å². The molecule has 1 saturated heterocycles. The number of Topliss-reactive ketones (excluding diaryl/α,β-unsaturated/α-hetero) is 1. The maximum absolute atomic E-state index is 13.2. The van der Waals surface area contributed by atoms with Gasteiger partial charge >= 0.3 is 0 Å². The van der Waals surface area contributed by atoms with Gasteiger partial charge in [0.25, 0.3) is 0 Å². The summed E-state index contributed by atoms with van der Waals surface area (Å²) in [5.41, 5.74) is 0.562. The van der Waals surface area contributed by atoms with Gasteiger partial charge in [-0.05, 0) is 62.0 Å². The summed E-state index contributed by atoms with van der Waals surface area (Å²) in [5, 5.41) is 4.02. The zero-order valence-corrected chi connectivity index (χ0v) is 12.2. The Morgan fingerprint density at radius 2 is 2.33 bits per heavy atom. The van der Waals surface area contributed by atoms with Crippen molar-refractivity contribution in [2.24, 2.45) is 11.8 Å². The fourth-order valence-electron chi connectivity index (χ4n) is 3.08. The van der Waals surface area contributed by atoms with E-state index in [9.17, 15) is 9.18 Å². The summed E-state index contributed by atoms with van der Waals surface area (Å²) in [7, 11) is 0. The van der Waals surface area contributed by atoms with Crippen LogP contribution in [0.5, 0.6) is 0 Å². The normalized spacial score (nSPS) is 20.6. The van der Waals surface area contributed by atoms with Crippen molar-refractivity contribution in [1.82, 2.24) is 5.32 Å². The molecule has 1 aliphatic heterocycles. The maximum Gasteiger partial charge on any atom is 0.198 e. The van der Waals surface area contributed by atoms with E-state index in [-0.39, 0.29) is 11.6 Å². The molecule has 0 bridgehead atoms. The third kappa shape index (κ3) is 3.16. The zero-order valence-electron chi connectivity index (χ0n) is 12.2. The van der Waals surface area contributed by atoms with Crippen molar-refractivity contribution in [3.8, 4) is 0 Å². The fraction of sp³-hybridized carbons (Fsp3) is 0.471. The van der Waals surface area contributed by atoms with Crippen LogP contribution in [0.4, 0.5) is 4.39 Å². The Morgan fingerprint density at radius 3 is 3.10 bits per heavy atom. The number of fused-ring (bicyclic) bond motifs is 1. The molecule has 0 radical (unpaired) electrons. The van der Waals surface area contributed by atoms with Gasteiger partial charge in [0.15, 0.2) is 11.5 Å². The number of carbonyl (C=O) groups excluding carboxylic acids is 1. The topological polar surface area (TPSA) is 42.2 Å². The van der Waals surface area contributed by atoms with Crippen LogP contribution in [0.25, 0.3) is 11.0 Å². The molecule has 112 valence electrons. The molecule has 2 unspecified atom stereocenters. The van der Waals surface area contributed by atoms with Gasteiger partial charge in [-0.2, -0.15) is 0 Å². The second-order valence-electron chi connectivity index (χ2n) is 6.00. The molecule has 21 heavy (non-hydrogen) atoms. The molecule has 2 aromatic rings. The predicted molar refractivity (Wildman–Crippen MR) is 79.9 cm³/mol. The number of hydrogen-bond acceptors (Lipinski definition) is 3. The first-order valence-electron chi connectivity index (χ1n) is 7.56. The third-order valence-corrected chi connectivity index (χ3v) is 4.40. The van der Waals surface area contributed by atoms with Gasteiger partial charge < -0.3 is 9.73 Å². The zero-order chi connectivity index (χ0) is 14.8. The molecule has 3 nitrogen and oxygen atoms in total. The monoisotopic (exact) mass is 289 g/mol. The summed E-state index contributed by atoms with van der Waals surface area (Å²) in [4.78, 5) is 12.3. The van der Waals surface area contributed by atoms with Crippen molar-refractivity contribution in [2.45, 2.75) is 26.2 Å². The van der Waals surface area contributed by atoms with Gasteiger partial charge in [0.1, 0.15) is 11.4 Å². The minimum atomic E-state index is -0.316. The number of benzene rings is 1. The van der Waals surface area contributed by atoms with Crippen LogP contribution in [0.2, 0.25) is 0 Å². The Bertz CT molecular complexity index is 643. The quantitative estimate of drug-likeness (QED) is 0.871. The second-order valence-corrected chi connectivity index (χ2v) is 6.00. The van der Waals surface area contributed by atoms with Gasteiger partial charge in [0.05, 0.1) is 0 Å². The van der Waals surface area contributed by atoms with Crippen molar-refractivity contribution in [3.05, 3.63) is 35.8 Å². The lowest BCUT2D eigenvalue weighted by Crippen LogP contribution is -2.33. The number of nitrogens with one attached hydrogen (secondary N) is 1. The Kier molecular flexibility index (Phi) is 4.06. The summed E-state index contributed by atoms with van der Waals surface area (Å²) >= 11 is 0. The highest BCUT2D eigenvalue weighted by atomic mass is 19.1. The van der Waals surface area contributed by atoms with Gasteiger partial charge in [-0.1, -0.05) is 6.92 Å². The first kappa shape index (κ1) is 14.3. The Hall–Kier alpha value is -1.68. The molecule has 1 aliphatic rings. The molecule has 1 N–H and O–H groups in total. The van der Waals surface area contributed by atoms with E-state index in [1.807, 2.05) is 0 Å². The van der Waals surface area contributed by atoms with Crippen molar-refractivity contribution in [3.63, 3.8) is 0 Å². The molecule has 0 saturated carbocycles. The average Bonchev–Trinajstić information content (AvgIpc) is 2.91. The minimum Gasteiger partial charge on any atom is -0.453 e. The van der Waals surface area contributed by atoms with E-state index < -0.39 is 0 Å². The molecule has 0 aliphatic carbocycles. The van der Waals surface area contributed by atoms with Crippen molar-refractivity contribution in [1.29, 1.82) is 0 Å². The van der Waals surface area contributed by atoms with Crippen LogP contribution < -0.4 is 5.32 Å². The molecule has 0 spiro atoms. The number of halogens is 1. The molecule has 2 atom stereocenters. The maximum atomic E-state index is 13.2. The molecule has 4 heteroatoms. The molecule has 3 rings (SSSR count). The van der Waals surface area contributed by atoms with Crippen LogP contribution in [-0.2, 0) is 0 Å². The van der Waals surface area contributed by atoms with Gasteiger partial charge in [-0.3, -0.25) is 4.79 Å². The van der Waals surface area contributed by atoms with Gasteiger partial charge in [-0.25, -0.2) is 4.39 Å². The summed E-state index contributed by atoms with van der Waals surface area (Å²) in [6.45, 7) is 4.18. The fourth-order valence-corrected chi connectivity index (χ4v) is 3.08. The predicted octanol–water partition coefficient (Wildman–Crippen LogP) is 3.78. The van der Waals surface area contributed by atoms with Gasteiger partial charge in [0, 0.05) is 11.8 Å². The Labute approximate surface area is 123 Å². The minimum absolute atomic E-state index is 0.00433. The molecule has 0 amide bonds. The lowest BCUT2D eigenvalue weighted by molar-refractivity contribution is 0.0917. The molecule has 1 aromatic heterocycles. The van der Waals surface area contributed by atoms with E-state index in [2.05, 4.69) is 12.2 Å². The number of furan rings is 1. The highest BCUT2D eigenvalue weighted by molar-refractivity contribution is 5.97. The number of rotatable bonds is 4. The molecular formula is C17H20FNO2. The van der Waals surface area contributed by atoms with Crippen LogP contribution in [0, 0.1) is 17.7 Å². The average molecular weight is 289 g/mol. The summed E-state index contributed by atoms with van der Waals surface area (Å²) < 4.78 is 18.7. The van der Waals surface area contributed by atoms with E-state index in [4.69, 9.17) is 4.42 Å². The third-order valence-electron chi connectivity index (χ3n) is 4.40. The molecule has 1 fully saturated rings. The molecular weight excluding hydrogens is 269 g/mol. The van der Waals surface area contributed by atoms with Crippen LogP contribution in [0.3, 0.4) is 0 Å². The largest absolute Gasteiger partial charge is 0.453 e. The van der Waals surface area contributed by atoms with Crippen molar-refractivity contribution >= 4 is 16.8 Å². The molecule has 1 aromatic carbocycles. The SMILES string of the molecule is CC(CC(=O)c1cc2cc(F)ccc2o1)C1CCCNC1. The first-order valence-corrected chi connectivity index (χ1v) is 7.56. The number of hydrogen-bond donors (Lipinski definition) is 1. The summed E-state index contributed by atoms with van der Waals surface area (Å²) in [6.07, 6.45) is 2.83. The van der Waals surface area contributed by atoms with E-state index in [1.54, 1.807) is 12.1 Å². The standard InChI is InChI=1S/C17H20FNO2/c1-11(12-3-2-6-19-10-12)7-15(20)17-9-13-8-14(18)4-5-16(13)21-17/h4-5,8-9,11-12,19H,2-3,6-7,10H2,1H3. The summed E-state index contributed by atoms with van der Waals surface area (Å²) in [6, 6.07) is 5.95. The van der Waals surface area contributed by atoms with Crippen LogP contribution >= 0.6 is 0 Å². The van der Waals surface area contributed by atoms with Crippen LogP contribution in [-0.4, -0.2) is 18.9 Å². The molecule has 2 heterocycles. The lowest BCUT2D eigenvalue weighted by Gasteiger charge is -2.27. The van der Waals surface area contributed by atoms with E-state index in [1.165, 1.54) is 25.0 Å². The second kappa shape index (κ2) is 5.98. The van der Waals surface area contributed by atoms with Gasteiger partial charge in [0.2, 0.25) is 0 Å². The Morgan fingerprint density at radius 1 is 1.48 bits per heavy atom. The Balaban J connectivity index is 1.71. The number of ketones is 1. The van der Waals surface area contributed by atoms with Gasteiger partial charge in [-0.15, -0.1) is 0 Å². The van der Waals surface area contributed by atoms with E-state index in [0.29, 0.717) is 35.0 Å². The van der Waals surface area contributed by atoms with Crippen LogP contribution in [0.1, 0.15) is 36.7 Å². The van der Waals surface area contributed by atoms with Crippen molar-refractivity contribution < 1.29 is 13.6 Å². The smallest absolute Gasteiger partial charge is 0.198 e. The number of carbonyl (C=O) groups is 1. The highest BCUT2D eigenvalue weighted by Gasteiger charge is 2.24. The summed E-state index contributed by atoms with van der Waals surface area (Å²) in [5.74, 6) is 0.902. The van der Waals surface area contributed by atoms with Crippen LogP contribution in [0.15, 0.2) is 28.7 Å². The first-order chi connectivity index (χ1) is 10.1. The lowest BCUT2D eigenvalue weighted by atomic mass is 9.84.